The Morgan fingerprint density at radius 2 is 2.10 bits per heavy atom. The molecule has 0 saturated carbocycles. The van der Waals surface area contributed by atoms with Crippen molar-refractivity contribution in [1.82, 2.24) is 19.9 Å². The van der Waals surface area contributed by atoms with Crippen LogP contribution in [0.15, 0.2) is 30.9 Å². The number of anilines is 2. The van der Waals surface area contributed by atoms with Gasteiger partial charge in [-0.3, -0.25) is 0 Å². The van der Waals surface area contributed by atoms with E-state index in [1.165, 1.54) is 24.8 Å². The topological polar surface area (TPSA) is 124 Å². The zero-order valence-corrected chi connectivity index (χ0v) is 10.0. The normalized spacial score (nSPS) is 10.6. The molecule has 0 atom stereocenters. The number of aromatic hydroxyl groups is 1. The van der Waals surface area contributed by atoms with Gasteiger partial charge in [-0.2, -0.15) is 0 Å². The molecule has 0 aliphatic rings. The summed E-state index contributed by atoms with van der Waals surface area (Å²) < 4.78 is 0. The first-order valence-electron chi connectivity index (χ1n) is 5.62. The van der Waals surface area contributed by atoms with Crippen LogP contribution >= 0.6 is 0 Å². The quantitative estimate of drug-likeness (QED) is 0.532. The number of phenols is 1. The maximum atomic E-state index is 11.0. The maximum absolute atomic E-state index is 11.0. The van der Waals surface area contributed by atoms with Crippen LogP contribution in [0.1, 0.15) is 10.4 Å². The third-order valence-electron chi connectivity index (χ3n) is 2.71. The third-order valence-corrected chi connectivity index (χ3v) is 2.71. The second-order valence-corrected chi connectivity index (χ2v) is 3.98. The number of carboxylic acid groups (broad SMARTS) is 1. The summed E-state index contributed by atoms with van der Waals surface area (Å²) in [4.78, 5) is 26.0. The monoisotopic (exact) mass is 271 g/mol. The van der Waals surface area contributed by atoms with Crippen molar-refractivity contribution in [3.8, 4) is 5.75 Å². The highest BCUT2D eigenvalue weighted by atomic mass is 16.4. The number of imidazole rings is 1. The highest BCUT2D eigenvalue weighted by molar-refractivity contribution is 5.93. The van der Waals surface area contributed by atoms with Gasteiger partial charge >= 0.3 is 5.97 Å². The summed E-state index contributed by atoms with van der Waals surface area (Å²) in [6, 6.07) is 4.16. The predicted octanol–water partition coefficient (Wildman–Crippen LogP) is 1.50. The molecule has 0 unspecified atom stereocenters. The zero-order valence-electron chi connectivity index (χ0n) is 10.0. The van der Waals surface area contributed by atoms with Gasteiger partial charge in [0.1, 0.15) is 17.6 Å². The summed E-state index contributed by atoms with van der Waals surface area (Å²) >= 11 is 0. The molecular formula is C12H9N5O3. The lowest BCUT2D eigenvalue weighted by atomic mass is 10.2. The summed E-state index contributed by atoms with van der Waals surface area (Å²) in [6.45, 7) is 0. The molecule has 0 fully saturated rings. The first-order valence-corrected chi connectivity index (χ1v) is 5.62. The van der Waals surface area contributed by atoms with E-state index in [1.807, 2.05) is 0 Å². The van der Waals surface area contributed by atoms with Crippen LogP contribution in [-0.4, -0.2) is 36.1 Å². The summed E-state index contributed by atoms with van der Waals surface area (Å²) in [5.74, 6) is -1.06. The number of rotatable bonds is 3. The molecular weight excluding hydrogens is 262 g/mol. The van der Waals surface area contributed by atoms with E-state index in [1.54, 1.807) is 6.07 Å². The number of hydrogen-bond acceptors (Lipinski definition) is 6. The summed E-state index contributed by atoms with van der Waals surface area (Å²) in [6.07, 6.45) is 2.85. The molecule has 0 spiro atoms. The van der Waals surface area contributed by atoms with E-state index in [9.17, 15) is 9.90 Å². The van der Waals surface area contributed by atoms with E-state index < -0.39 is 5.97 Å². The van der Waals surface area contributed by atoms with Gasteiger partial charge in [0.25, 0.3) is 0 Å². The predicted molar refractivity (Wildman–Crippen MR) is 70.0 cm³/mol. The molecule has 0 aliphatic carbocycles. The Morgan fingerprint density at radius 3 is 2.90 bits per heavy atom. The lowest BCUT2D eigenvalue weighted by Crippen LogP contribution is -2.00. The number of carboxylic acids is 1. The molecule has 0 radical (unpaired) electrons. The van der Waals surface area contributed by atoms with Crippen LogP contribution in [0.2, 0.25) is 0 Å². The van der Waals surface area contributed by atoms with Crippen molar-refractivity contribution in [2.24, 2.45) is 0 Å². The Hall–Kier alpha value is -3.16. The van der Waals surface area contributed by atoms with Gasteiger partial charge in [0.15, 0.2) is 17.0 Å². The second kappa shape index (κ2) is 4.50. The largest absolute Gasteiger partial charge is 0.507 e. The number of fused-ring (bicyclic) bond motifs is 1. The van der Waals surface area contributed by atoms with Crippen molar-refractivity contribution in [3.05, 3.63) is 36.4 Å². The molecule has 2 aromatic heterocycles. The molecule has 0 bridgehead atoms. The molecule has 3 rings (SSSR count). The van der Waals surface area contributed by atoms with Crippen molar-refractivity contribution < 1.29 is 15.0 Å². The van der Waals surface area contributed by atoms with Gasteiger partial charge in [-0.25, -0.2) is 19.7 Å². The van der Waals surface area contributed by atoms with Gasteiger partial charge in [-0.1, -0.05) is 0 Å². The average Bonchev–Trinajstić information content (AvgIpc) is 2.90. The Balaban J connectivity index is 2.01. The minimum absolute atomic E-state index is 0.192. The van der Waals surface area contributed by atoms with Crippen molar-refractivity contribution >= 4 is 28.6 Å². The Kier molecular flexibility index (Phi) is 2.68. The van der Waals surface area contributed by atoms with Crippen LogP contribution in [0.3, 0.4) is 0 Å². The fraction of sp³-hybridized carbons (Fsp3) is 0. The smallest absolute Gasteiger partial charge is 0.339 e. The van der Waals surface area contributed by atoms with E-state index in [-0.39, 0.29) is 11.3 Å². The van der Waals surface area contributed by atoms with Crippen LogP contribution in [0.5, 0.6) is 5.75 Å². The summed E-state index contributed by atoms with van der Waals surface area (Å²) in [5.41, 5.74) is 1.39. The Labute approximate surface area is 112 Å². The second-order valence-electron chi connectivity index (χ2n) is 3.98. The molecule has 2 heterocycles. The van der Waals surface area contributed by atoms with Crippen LogP contribution in [0, 0.1) is 0 Å². The van der Waals surface area contributed by atoms with Crippen molar-refractivity contribution in [2.45, 2.75) is 0 Å². The number of carbonyl (C=O) groups is 1. The standard InChI is InChI=1S/C12H9N5O3/c18-8-2-1-6(3-7(8)12(19)20)17-11-9-10(14-4-13-9)15-5-16-11/h1-5,18H,(H,19,20)(H2,13,14,15,16,17). The molecule has 20 heavy (non-hydrogen) atoms. The van der Waals surface area contributed by atoms with Gasteiger partial charge in [-0.15, -0.1) is 0 Å². The van der Waals surface area contributed by atoms with Crippen LogP contribution in [-0.2, 0) is 0 Å². The minimum atomic E-state index is -1.21. The molecule has 0 amide bonds. The number of aromatic amines is 1. The van der Waals surface area contributed by atoms with Gasteiger partial charge in [-0.05, 0) is 18.2 Å². The van der Waals surface area contributed by atoms with Crippen LogP contribution < -0.4 is 5.32 Å². The van der Waals surface area contributed by atoms with Crippen LogP contribution in [0.4, 0.5) is 11.5 Å². The van der Waals surface area contributed by atoms with Gasteiger partial charge in [0, 0.05) is 5.69 Å². The average molecular weight is 271 g/mol. The Morgan fingerprint density at radius 1 is 1.25 bits per heavy atom. The third kappa shape index (κ3) is 1.99. The van der Waals surface area contributed by atoms with E-state index >= 15 is 0 Å². The fourth-order valence-electron chi connectivity index (χ4n) is 1.78. The molecule has 4 N–H and O–H groups in total. The maximum Gasteiger partial charge on any atom is 0.339 e. The molecule has 1 aromatic carbocycles. The minimum Gasteiger partial charge on any atom is -0.507 e. The SMILES string of the molecule is O=C(O)c1cc(Nc2ncnc3[nH]cnc23)ccc1O. The number of benzene rings is 1. The number of aromatic nitrogens is 4. The number of nitrogens with one attached hydrogen (secondary N) is 2. The summed E-state index contributed by atoms with van der Waals surface area (Å²) in [7, 11) is 0. The first kappa shape index (κ1) is 11.9. The van der Waals surface area contributed by atoms with Crippen LogP contribution in [0.25, 0.3) is 11.2 Å². The molecule has 8 nitrogen and oxygen atoms in total. The number of H-pyrrole nitrogens is 1. The van der Waals surface area contributed by atoms with Crippen molar-refractivity contribution in [2.75, 3.05) is 5.32 Å². The van der Waals surface area contributed by atoms with Gasteiger partial charge in [0.2, 0.25) is 0 Å². The van der Waals surface area contributed by atoms with Gasteiger partial charge < -0.3 is 20.5 Å². The molecule has 100 valence electrons. The first-order chi connectivity index (χ1) is 9.65. The van der Waals surface area contributed by atoms with E-state index in [4.69, 9.17) is 5.11 Å². The highest BCUT2D eigenvalue weighted by Crippen LogP contribution is 2.25. The fourth-order valence-corrected chi connectivity index (χ4v) is 1.78. The lowest BCUT2D eigenvalue weighted by molar-refractivity contribution is 0.0694. The van der Waals surface area contributed by atoms with Crippen molar-refractivity contribution in [3.63, 3.8) is 0 Å². The molecule has 8 heteroatoms. The zero-order chi connectivity index (χ0) is 14.1. The van der Waals surface area contributed by atoms with E-state index in [0.717, 1.165) is 0 Å². The number of hydrogen-bond donors (Lipinski definition) is 4. The number of nitrogens with zero attached hydrogens (tertiary/aromatic N) is 3. The Bertz CT molecular complexity index is 799. The molecule has 3 aromatic rings. The molecule has 0 saturated heterocycles. The molecule has 0 aliphatic heterocycles. The van der Waals surface area contributed by atoms with Gasteiger partial charge in [0.05, 0.1) is 6.33 Å². The van der Waals surface area contributed by atoms with E-state index in [2.05, 4.69) is 25.3 Å². The summed E-state index contributed by atoms with van der Waals surface area (Å²) in [5, 5.41) is 21.4. The lowest BCUT2D eigenvalue weighted by Gasteiger charge is -2.07. The number of aromatic carboxylic acids is 1. The highest BCUT2D eigenvalue weighted by Gasteiger charge is 2.12. The van der Waals surface area contributed by atoms with E-state index in [0.29, 0.717) is 22.7 Å². The van der Waals surface area contributed by atoms with Crippen molar-refractivity contribution in [1.29, 1.82) is 0 Å².